The minimum Gasteiger partial charge on any atom is -0.0651 e. The Morgan fingerprint density at radius 2 is 1.17 bits per heavy atom. The van der Waals surface area contributed by atoms with Crippen LogP contribution in [0.3, 0.4) is 0 Å². The highest BCUT2D eigenvalue weighted by molar-refractivity contribution is 5.36. The van der Waals surface area contributed by atoms with Gasteiger partial charge < -0.3 is 0 Å². The van der Waals surface area contributed by atoms with Crippen molar-refractivity contribution in [2.24, 2.45) is 0 Å². The van der Waals surface area contributed by atoms with E-state index in [1.54, 1.807) is 0 Å². The molecule has 0 aromatic heterocycles. The van der Waals surface area contributed by atoms with E-state index in [2.05, 4.69) is 62.4 Å². The molecule has 0 aliphatic heterocycles. The number of hydrogen-bond acceptors (Lipinski definition) is 0. The SMILES string of the molecule is CCCc1ccccc1Cc1ccccc1CC. The zero-order chi connectivity index (χ0) is 12.8. The summed E-state index contributed by atoms with van der Waals surface area (Å²) >= 11 is 0. The third-order valence-corrected chi connectivity index (χ3v) is 3.52. The molecular formula is C18H22. The van der Waals surface area contributed by atoms with E-state index in [9.17, 15) is 0 Å². The Morgan fingerprint density at radius 1 is 0.667 bits per heavy atom. The number of aryl methyl sites for hydroxylation is 2. The van der Waals surface area contributed by atoms with Crippen LogP contribution in [-0.4, -0.2) is 0 Å². The van der Waals surface area contributed by atoms with Crippen LogP contribution in [-0.2, 0) is 19.3 Å². The van der Waals surface area contributed by atoms with Gasteiger partial charge in [-0.2, -0.15) is 0 Å². The van der Waals surface area contributed by atoms with Crippen molar-refractivity contribution in [2.45, 2.75) is 39.5 Å². The van der Waals surface area contributed by atoms with Gasteiger partial charge in [0.05, 0.1) is 0 Å². The molecule has 0 aliphatic carbocycles. The van der Waals surface area contributed by atoms with Gasteiger partial charge in [-0.15, -0.1) is 0 Å². The van der Waals surface area contributed by atoms with Gasteiger partial charge in [-0.1, -0.05) is 68.8 Å². The molecule has 2 aromatic carbocycles. The van der Waals surface area contributed by atoms with Crippen LogP contribution >= 0.6 is 0 Å². The fourth-order valence-corrected chi connectivity index (χ4v) is 2.52. The minimum atomic E-state index is 1.07. The Kier molecular flexibility index (Phi) is 4.58. The van der Waals surface area contributed by atoms with Crippen molar-refractivity contribution >= 4 is 0 Å². The molecule has 0 heterocycles. The molecule has 0 radical (unpaired) electrons. The van der Waals surface area contributed by atoms with E-state index in [0.717, 1.165) is 12.8 Å². The van der Waals surface area contributed by atoms with E-state index in [-0.39, 0.29) is 0 Å². The molecule has 2 aromatic rings. The van der Waals surface area contributed by atoms with Gasteiger partial charge in [0.25, 0.3) is 0 Å². The van der Waals surface area contributed by atoms with Crippen molar-refractivity contribution in [3.8, 4) is 0 Å². The van der Waals surface area contributed by atoms with Gasteiger partial charge in [0.1, 0.15) is 0 Å². The first-order valence-electron chi connectivity index (χ1n) is 6.98. The Balaban J connectivity index is 2.28. The summed E-state index contributed by atoms with van der Waals surface area (Å²) < 4.78 is 0. The molecule has 0 heteroatoms. The summed E-state index contributed by atoms with van der Waals surface area (Å²) in [6.07, 6.45) is 4.59. The average Bonchev–Trinajstić information content (AvgIpc) is 2.42. The quantitative estimate of drug-likeness (QED) is 0.702. The fraction of sp³-hybridized carbons (Fsp3) is 0.333. The fourth-order valence-electron chi connectivity index (χ4n) is 2.52. The Labute approximate surface area is 111 Å². The van der Waals surface area contributed by atoms with Crippen molar-refractivity contribution in [1.82, 2.24) is 0 Å². The maximum absolute atomic E-state index is 2.28. The summed E-state index contributed by atoms with van der Waals surface area (Å²) in [6, 6.07) is 17.7. The molecule has 0 nitrogen and oxygen atoms in total. The van der Waals surface area contributed by atoms with Crippen LogP contribution in [0.15, 0.2) is 48.5 Å². The van der Waals surface area contributed by atoms with Crippen molar-refractivity contribution in [2.75, 3.05) is 0 Å². The predicted molar refractivity (Wildman–Crippen MR) is 79.1 cm³/mol. The molecule has 0 unspecified atom stereocenters. The molecule has 0 spiro atoms. The Bertz CT molecular complexity index is 497. The molecule has 0 N–H and O–H groups in total. The molecule has 0 amide bonds. The second kappa shape index (κ2) is 6.39. The molecule has 0 fully saturated rings. The van der Waals surface area contributed by atoms with Gasteiger partial charge in [-0.05, 0) is 41.5 Å². The van der Waals surface area contributed by atoms with E-state index in [0.29, 0.717) is 0 Å². The van der Waals surface area contributed by atoms with E-state index >= 15 is 0 Å². The molecule has 0 aliphatic rings. The maximum Gasteiger partial charge on any atom is -0.00203 e. The second-order valence-corrected chi connectivity index (χ2v) is 4.82. The molecule has 0 atom stereocenters. The van der Waals surface area contributed by atoms with Gasteiger partial charge in [0.2, 0.25) is 0 Å². The Morgan fingerprint density at radius 3 is 1.72 bits per heavy atom. The second-order valence-electron chi connectivity index (χ2n) is 4.82. The molecule has 0 saturated heterocycles. The van der Waals surface area contributed by atoms with Crippen molar-refractivity contribution in [3.63, 3.8) is 0 Å². The standard InChI is InChI=1S/C18H22/c1-3-9-16-11-6-8-13-18(16)14-17-12-7-5-10-15(17)4-2/h5-8,10-13H,3-4,9,14H2,1-2H3. The molecule has 0 saturated carbocycles. The molecule has 0 bridgehead atoms. The average molecular weight is 238 g/mol. The van der Waals surface area contributed by atoms with Gasteiger partial charge in [-0.3, -0.25) is 0 Å². The van der Waals surface area contributed by atoms with E-state index < -0.39 is 0 Å². The van der Waals surface area contributed by atoms with Gasteiger partial charge in [0, 0.05) is 0 Å². The normalized spacial score (nSPS) is 10.6. The van der Waals surface area contributed by atoms with E-state index in [1.165, 1.54) is 35.1 Å². The summed E-state index contributed by atoms with van der Waals surface area (Å²) in [5, 5.41) is 0. The lowest BCUT2D eigenvalue weighted by Crippen LogP contribution is -1.98. The van der Waals surface area contributed by atoms with Gasteiger partial charge in [-0.25, -0.2) is 0 Å². The first-order valence-corrected chi connectivity index (χ1v) is 6.98. The maximum atomic E-state index is 2.28. The smallest absolute Gasteiger partial charge is 0.00203 e. The number of hydrogen-bond donors (Lipinski definition) is 0. The first kappa shape index (κ1) is 12.9. The highest BCUT2D eigenvalue weighted by Gasteiger charge is 2.05. The lowest BCUT2D eigenvalue weighted by atomic mass is 9.94. The zero-order valence-corrected chi connectivity index (χ0v) is 11.4. The summed E-state index contributed by atoms with van der Waals surface area (Å²) in [4.78, 5) is 0. The molecule has 2 rings (SSSR count). The topological polar surface area (TPSA) is 0 Å². The summed E-state index contributed by atoms with van der Waals surface area (Å²) in [6.45, 7) is 4.48. The first-order chi connectivity index (χ1) is 8.85. The van der Waals surface area contributed by atoms with E-state index in [1.807, 2.05) is 0 Å². The molecule has 18 heavy (non-hydrogen) atoms. The van der Waals surface area contributed by atoms with Crippen LogP contribution in [0.4, 0.5) is 0 Å². The monoisotopic (exact) mass is 238 g/mol. The van der Waals surface area contributed by atoms with Crippen LogP contribution in [0.2, 0.25) is 0 Å². The largest absolute Gasteiger partial charge is 0.0651 e. The zero-order valence-electron chi connectivity index (χ0n) is 11.4. The summed E-state index contributed by atoms with van der Waals surface area (Å²) in [7, 11) is 0. The predicted octanol–water partition coefficient (Wildman–Crippen LogP) is 4.79. The van der Waals surface area contributed by atoms with Gasteiger partial charge >= 0.3 is 0 Å². The Hall–Kier alpha value is -1.56. The van der Waals surface area contributed by atoms with Crippen LogP contribution in [0.25, 0.3) is 0 Å². The highest BCUT2D eigenvalue weighted by atomic mass is 14.1. The third kappa shape index (κ3) is 3.01. The number of benzene rings is 2. The van der Waals surface area contributed by atoms with Crippen molar-refractivity contribution < 1.29 is 0 Å². The van der Waals surface area contributed by atoms with Gasteiger partial charge in [0.15, 0.2) is 0 Å². The molecular weight excluding hydrogens is 216 g/mol. The van der Waals surface area contributed by atoms with Crippen LogP contribution in [0.1, 0.15) is 42.5 Å². The third-order valence-electron chi connectivity index (χ3n) is 3.52. The lowest BCUT2D eigenvalue weighted by molar-refractivity contribution is 0.902. The summed E-state index contributed by atoms with van der Waals surface area (Å²) in [5.41, 5.74) is 5.94. The number of rotatable bonds is 5. The lowest BCUT2D eigenvalue weighted by Gasteiger charge is -2.11. The highest BCUT2D eigenvalue weighted by Crippen LogP contribution is 2.19. The van der Waals surface area contributed by atoms with Crippen molar-refractivity contribution in [3.05, 3.63) is 70.8 Å². The van der Waals surface area contributed by atoms with Crippen LogP contribution < -0.4 is 0 Å². The molecule has 94 valence electrons. The summed E-state index contributed by atoms with van der Waals surface area (Å²) in [5.74, 6) is 0. The minimum absolute atomic E-state index is 1.07. The van der Waals surface area contributed by atoms with E-state index in [4.69, 9.17) is 0 Å². The van der Waals surface area contributed by atoms with Crippen molar-refractivity contribution in [1.29, 1.82) is 0 Å². The van der Waals surface area contributed by atoms with Crippen LogP contribution in [0.5, 0.6) is 0 Å². The van der Waals surface area contributed by atoms with Crippen LogP contribution in [0, 0.1) is 0 Å².